The van der Waals surface area contributed by atoms with Gasteiger partial charge in [-0.25, -0.2) is 0 Å². The standard InChI is InChI=1S/C29H32ClO5P/c1-18(2)26-16-20(8-10-27(26)31)25-9-7-22-15-24(13-19(3)29(22)25)33-17-36(32)34-12-11-28(35-36)21-5-4-6-23(30)14-21/h4-6,8,10,13-16,18,25,28,31H,7,9,11-12,17H2,1-3H3/t25-,28-,36-/m0/s1. The highest BCUT2D eigenvalue weighted by Crippen LogP contribution is 2.56. The van der Waals surface area contributed by atoms with Gasteiger partial charge in [0.2, 0.25) is 0 Å². The van der Waals surface area contributed by atoms with Crippen molar-refractivity contribution in [3.8, 4) is 11.5 Å². The lowest BCUT2D eigenvalue weighted by Crippen LogP contribution is -2.17. The summed E-state index contributed by atoms with van der Waals surface area (Å²) in [6.45, 7) is 6.63. The largest absolute Gasteiger partial charge is 0.508 e. The highest BCUT2D eigenvalue weighted by molar-refractivity contribution is 7.53. The number of phenols is 1. The number of aromatic hydroxyl groups is 1. The smallest absolute Gasteiger partial charge is 0.368 e. The van der Waals surface area contributed by atoms with Crippen molar-refractivity contribution in [2.75, 3.05) is 13.0 Å². The van der Waals surface area contributed by atoms with Gasteiger partial charge in [-0.2, -0.15) is 0 Å². The summed E-state index contributed by atoms with van der Waals surface area (Å²) in [6.07, 6.45) is 2.09. The zero-order valence-electron chi connectivity index (χ0n) is 20.9. The Kier molecular flexibility index (Phi) is 7.20. The number of hydrogen-bond acceptors (Lipinski definition) is 5. The molecule has 0 saturated carbocycles. The molecule has 3 atom stereocenters. The number of aryl methyl sites for hydroxylation is 2. The van der Waals surface area contributed by atoms with Crippen molar-refractivity contribution in [2.45, 2.75) is 58.0 Å². The van der Waals surface area contributed by atoms with E-state index in [2.05, 4.69) is 32.9 Å². The third-order valence-electron chi connectivity index (χ3n) is 7.14. The highest BCUT2D eigenvalue weighted by Gasteiger charge is 2.36. The second-order valence-corrected chi connectivity index (χ2v) is 12.4. The molecule has 1 N–H and O–H groups in total. The van der Waals surface area contributed by atoms with E-state index in [1.54, 1.807) is 6.07 Å². The Morgan fingerprint density at radius 3 is 2.72 bits per heavy atom. The number of hydrogen-bond donors (Lipinski definition) is 1. The van der Waals surface area contributed by atoms with E-state index >= 15 is 0 Å². The maximum atomic E-state index is 13.3. The summed E-state index contributed by atoms with van der Waals surface area (Å²) in [5.74, 6) is 1.57. The van der Waals surface area contributed by atoms with Gasteiger partial charge < -0.3 is 14.4 Å². The minimum atomic E-state index is -3.42. The molecule has 0 amide bonds. The molecule has 3 aromatic rings. The molecule has 5 rings (SSSR count). The molecule has 7 heteroatoms. The van der Waals surface area contributed by atoms with E-state index in [1.165, 1.54) is 16.7 Å². The zero-order chi connectivity index (χ0) is 25.4. The van der Waals surface area contributed by atoms with Gasteiger partial charge in [0.05, 0.1) is 12.7 Å². The molecule has 5 nitrogen and oxygen atoms in total. The van der Waals surface area contributed by atoms with Crippen LogP contribution in [0.25, 0.3) is 0 Å². The maximum Gasteiger partial charge on any atom is 0.368 e. The molecular formula is C29H32ClO5P. The lowest BCUT2D eigenvalue weighted by atomic mass is 9.87. The second kappa shape index (κ2) is 10.2. The molecule has 36 heavy (non-hydrogen) atoms. The Morgan fingerprint density at radius 2 is 1.94 bits per heavy atom. The lowest BCUT2D eigenvalue weighted by Gasteiger charge is -2.30. The molecule has 2 aliphatic rings. The maximum absolute atomic E-state index is 13.3. The van der Waals surface area contributed by atoms with E-state index < -0.39 is 7.60 Å². The zero-order valence-corrected chi connectivity index (χ0v) is 22.5. The summed E-state index contributed by atoms with van der Waals surface area (Å²) in [4.78, 5) is 0. The first kappa shape index (κ1) is 25.4. The van der Waals surface area contributed by atoms with Crippen LogP contribution in [0.5, 0.6) is 11.5 Å². The topological polar surface area (TPSA) is 65.0 Å². The van der Waals surface area contributed by atoms with Crippen LogP contribution in [0.3, 0.4) is 0 Å². The van der Waals surface area contributed by atoms with Crippen LogP contribution in [0.15, 0.2) is 54.6 Å². The molecule has 0 radical (unpaired) electrons. The van der Waals surface area contributed by atoms with Crippen LogP contribution in [0.4, 0.5) is 0 Å². The van der Waals surface area contributed by atoms with Crippen molar-refractivity contribution in [3.05, 3.63) is 93.0 Å². The van der Waals surface area contributed by atoms with Crippen molar-refractivity contribution >= 4 is 19.2 Å². The predicted octanol–water partition coefficient (Wildman–Crippen LogP) is 8.26. The number of phenolic OH excluding ortho intramolecular Hbond substituents is 1. The van der Waals surface area contributed by atoms with Gasteiger partial charge in [0, 0.05) is 17.4 Å². The van der Waals surface area contributed by atoms with Gasteiger partial charge in [-0.15, -0.1) is 0 Å². The molecule has 0 aromatic heterocycles. The summed E-state index contributed by atoms with van der Waals surface area (Å²) in [5, 5.41) is 10.9. The predicted molar refractivity (Wildman–Crippen MR) is 142 cm³/mol. The van der Waals surface area contributed by atoms with Crippen molar-refractivity contribution in [2.24, 2.45) is 0 Å². The first-order valence-corrected chi connectivity index (χ1v) is 14.6. The number of benzene rings is 3. The third-order valence-corrected chi connectivity index (χ3v) is 8.97. The monoisotopic (exact) mass is 526 g/mol. The fraction of sp³-hybridized carbons (Fsp3) is 0.379. The van der Waals surface area contributed by atoms with Gasteiger partial charge in [-0.1, -0.05) is 49.7 Å². The van der Waals surface area contributed by atoms with Gasteiger partial charge in [0.25, 0.3) is 0 Å². The van der Waals surface area contributed by atoms with E-state index in [9.17, 15) is 9.67 Å². The van der Waals surface area contributed by atoms with Gasteiger partial charge in [-0.05, 0) is 89.4 Å². The van der Waals surface area contributed by atoms with Crippen LogP contribution in [0, 0.1) is 6.92 Å². The number of fused-ring (bicyclic) bond motifs is 1. The van der Waals surface area contributed by atoms with E-state index in [-0.39, 0.29) is 24.3 Å². The van der Waals surface area contributed by atoms with Crippen LogP contribution >= 0.6 is 19.2 Å². The van der Waals surface area contributed by atoms with Crippen molar-refractivity contribution < 1.29 is 23.5 Å². The molecule has 1 heterocycles. The normalized spacial score (nSPS) is 23.6. The van der Waals surface area contributed by atoms with Gasteiger partial charge in [0.1, 0.15) is 11.5 Å². The van der Waals surface area contributed by atoms with Gasteiger partial charge >= 0.3 is 7.60 Å². The average molecular weight is 527 g/mol. The number of ether oxygens (including phenoxy) is 1. The quantitative estimate of drug-likeness (QED) is 0.327. The Morgan fingerprint density at radius 1 is 1.11 bits per heavy atom. The van der Waals surface area contributed by atoms with E-state index in [0.29, 0.717) is 29.5 Å². The summed E-state index contributed by atoms with van der Waals surface area (Å²) < 4.78 is 30.8. The van der Waals surface area contributed by atoms with E-state index in [1.807, 2.05) is 36.4 Å². The molecule has 1 fully saturated rings. The molecule has 190 valence electrons. The Hall–Kier alpha value is -2.30. The summed E-state index contributed by atoms with van der Waals surface area (Å²) in [5.41, 5.74) is 6.81. The van der Waals surface area contributed by atoms with E-state index in [4.69, 9.17) is 25.4 Å². The average Bonchev–Trinajstić information content (AvgIpc) is 3.28. The van der Waals surface area contributed by atoms with Gasteiger partial charge in [0.15, 0.2) is 6.35 Å². The first-order valence-electron chi connectivity index (χ1n) is 12.5. The molecule has 1 saturated heterocycles. The summed E-state index contributed by atoms with van der Waals surface area (Å²) >= 11 is 6.12. The minimum Gasteiger partial charge on any atom is -0.508 e. The molecule has 1 aliphatic heterocycles. The van der Waals surface area contributed by atoms with Crippen LogP contribution < -0.4 is 4.74 Å². The number of halogens is 1. The van der Waals surface area contributed by atoms with Crippen LogP contribution in [-0.2, 0) is 20.0 Å². The molecular weight excluding hydrogens is 495 g/mol. The second-order valence-electron chi connectivity index (χ2n) is 10.0. The highest BCUT2D eigenvalue weighted by atomic mass is 35.5. The van der Waals surface area contributed by atoms with Crippen LogP contribution in [0.2, 0.25) is 5.02 Å². The molecule has 0 unspecified atom stereocenters. The van der Waals surface area contributed by atoms with Crippen molar-refractivity contribution in [1.29, 1.82) is 0 Å². The molecule has 1 aliphatic carbocycles. The number of rotatable bonds is 6. The SMILES string of the molecule is Cc1cc(OC[P@]2(=O)OCC[C@@H](c3cccc(Cl)c3)O2)cc2c1[C@H](c1ccc(O)c(C(C)C)c1)CC2. The van der Waals surface area contributed by atoms with Gasteiger partial charge in [-0.3, -0.25) is 9.09 Å². The van der Waals surface area contributed by atoms with Crippen molar-refractivity contribution in [3.63, 3.8) is 0 Å². The van der Waals surface area contributed by atoms with Crippen molar-refractivity contribution in [1.82, 2.24) is 0 Å². The summed E-state index contributed by atoms with van der Waals surface area (Å²) in [7, 11) is -3.42. The Bertz CT molecular complexity index is 1320. The van der Waals surface area contributed by atoms with E-state index in [0.717, 1.165) is 29.5 Å². The van der Waals surface area contributed by atoms with Crippen LogP contribution in [-0.4, -0.2) is 18.1 Å². The summed E-state index contributed by atoms with van der Waals surface area (Å²) in [6, 6.07) is 17.5. The minimum absolute atomic E-state index is 0.137. The fourth-order valence-corrected chi connectivity index (χ4v) is 7.09. The Balaban J connectivity index is 1.31. The fourth-order valence-electron chi connectivity index (χ4n) is 5.39. The Labute approximate surface area is 217 Å². The first-order chi connectivity index (χ1) is 17.2. The molecule has 3 aromatic carbocycles. The third kappa shape index (κ3) is 5.21. The lowest BCUT2D eigenvalue weighted by molar-refractivity contribution is 0.0725. The molecule has 0 bridgehead atoms. The molecule has 0 spiro atoms. The van der Waals surface area contributed by atoms with Crippen LogP contribution in [0.1, 0.15) is 78.0 Å².